The lowest BCUT2D eigenvalue weighted by Gasteiger charge is -2.11. The van der Waals surface area contributed by atoms with E-state index < -0.39 is 9.84 Å². The van der Waals surface area contributed by atoms with E-state index >= 15 is 0 Å². The summed E-state index contributed by atoms with van der Waals surface area (Å²) in [6, 6.07) is 26.4. The molecule has 0 saturated carbocycles. The molecule has 0 saturated heterocycles. The summed E-state index contributed by atoms with van der Waals surface area (Å²) in [4.78, 5) is 4.86. The number of fused-ring (bicyclic) bond motifs is 5. The van der Waals surface area contributed by atoms with E-state index in [2.05, 4.69) is 20.5 Å². The third-order valence-electron chi connectivity index (χ3n) is 6.62. The Labute approximate surface area is 220 Å². The lowest BCUT2D eigenvalue weighted by molar-refractivity contribution is 0.414. The van der Waals surface area contributed by atoms with E-state index in [1.807, 2.05) is 65.2 Å². The lowest BCUT2D eigenvalue weighted by Crippen LogP contribution is -2.07. The van der Waals surface area contributed by atoms with Gasteiger partial charge in [-0.15, -0.1) is 10.2 Å². The summed E-state index contributed by atoms with van der Waals surface area (Å²) >= 11 is 0. The average Bonchev–Trinajstić information content (AvgIpc) is 3.33. The maximum absolute atomic E-state index is 12.7. The van der Waals surface area contributed by atoms with Gasteiger partial charge >= 0.3 is 0 Å². The van der Waals surface area contributed by atoms with Crippen LogP contribution in [-0.4, -0.2) is 41.0 Å². The fourth-order valence-electron chi connectivity index (χ4n) is 4.65. The molecule has 0 amide bonds. The highest BCUT2D eigenvalue weighted by Gasteiger charge is 2.24. The Hall–Kier alpha value is -4.50. The molecule has 9 heteroatoms. The molecule has 1 N–H and O–H groups in total. The van der Waals surface area contributed by atoms with Gasteiger partial charge < -0.3 is 10.1 Å². The van der Waals surface area contributed by atoms with Gasteiger partial charge in [0.1, 0.15) is 5.75 Å². The number of benzene rings is 3. The fourth-order valence-corrected chi connectivity index (χ4v) is 5.96. The van der Waals surface area contributed by atoms with Crippen LogP contribution in [0.2, 0.25) is 0 Å². The van der Waals surface area contributed by atoms with E-state index in [-0.39, 0.29) is 5.75 Å². The molecule has 38 heavy (non-hydrogen) atoms. The first-order valence-corrected chi connectivity index (χ1v) is 13.9. The third-order valence-corrected chi connectivity index (χ3v) is 8.44. The van der Waals surface area contributed by atoms with Crippen LogP contribution in [-0.2, 0) is 16.3 Å². The van der Waals surface area contributed by atoms with Crippen LogP contribution >= 0.6 is 0 Å². The van der Waals surface area contributed by atoms with Crippen LogP contribution in [0.3, 0.4) is 0 Å². The van der Waals surface area contributed by atoms with Crippen molar-refractivity contribution in [1.29, 1.82) is 0 Å². The van der Waals surface area contributed by atoms with Crippen molar-refractivity contribution >= 4 is 21.3 Å². The molecule has 8 nitrogen and oxygen atoms in total. The number of nitrogens with zero attached hydrogens (tertiary/aromatic N) is 4. The average molecular weight is 524 g/mol. The highest BCUT2D eigenvalue weighted by molar-refractivity contribution is 7.91. The van der Waals surface area contributed by atoms with Crippen molar-refractivity contribution in [1.82, 2.24) is 19.7 Å². The van der Waals surface area contributed by atoms with E-state index in [9.17, 15) is 8.42 Å². The summed E-state index contributed by atoms with van der Waals surface area (Å²) < 4.78 is 32.6. The fraction of sp³-hybridized carbons (Fsp3) is 0.138. The topological polar surface area (TPSA) is 99.0 Å². The van der Waals surface area contributed by atoms with Crippen molar-refractivity contribution in [3.63, 3.8) is 0 Å². The molecule has 0 radical (unpaired) electrons. The standard InChI is InChI=1S/C29H25N5O3S/c1-37-22-14-16-23(17-15-22)38(35,36)19-5-6-20-10-12-21(13-11-20)28-32-33-29-24-7-2-3-8-25(24)31-27-26(34(28)29)9-4-18-30-27/h2-4,7-18H,5-6,19H2,1H3,(H,30,31). The number of para-hydroxylation sites is 1. The maximum Gasteiger partial charge on any atom is 0.178 e. The first-order chi connectivity index (χ1) is 18.5. The molecule has 0 aliphatic carbocycles. The Morgan fingerprint density at radius 2 is 1.63 bits per heavy atom. The molecule has 0 fully saturated rings. The Bertz CT molecular complexity index is 1710. The minimum absolute atomic E-state index is 0.0783. The van der Waals surface area contributed by atoms with Crippen molar-refractivity contribution in [3.8, 4) is 34.2 Å². The third kappa shape index (κ3) is 4.41. The Morgan fingerprint density at radius 3 is 2.42 bits per heavy atom. The molecule has 0 bridgehead atoms. The number of hydrogen-bond acceptors (Lipinski definition) is 7. The zero-order valence-electron chi connectivity index (χ0n) is 20.7. The van der Waals surface area contributed by atoms with E-state index in [1.165, 1.54) is 0 Å². The maximum atomic E-state index is 12.7. The van der Waals surface area contributed by atoms with Gasteiger partial charge in [0.2, 0.25) is 0 Å². The molecule has 1 aliphatic heterocycles. The number of methoxy groups -OCH3 is 1. The van der Waals surface area contributed by atoms with E-state index in [0.717, 1.165) is 39.7 Å². The smallest absolute Gasteiger partial charge is 0.178 e. The van der Waals surface area contributed by atoms with E-state index in [1.54, 1.807) is 37.6 Å². The molecular weight excluding hydrogens is 498 g/mol. The van der Waals surface area contributed by atoms with Crippen LogP contribution in [0.4, 0.5) is 11.5 Å². The summed E-state index contributed by atoms with van der Waals surface area (Å²) in [6.07, 6.45) is 2.93. The van der Waals surface area contributed by atoms with Crippen LogP contribution in [0.25, 0.3) is 28.5 Å². The molecule has 1 aliphatic rings. The van der Waals surface area contributed by atoms with Crippen LogP contribution < -0.4 is 10.1 Å². The molecule has 5 aromatic rings. The zero-order chi connectivity index (χ0) is 26.1. The number of aryl methyl sites for hydroxylation is 1. The van der Waals surface area contributed by atoms with Gasteiger partial charge in [0.25, 0.3) is 0 Å². The second-order valence-electron chi connectivity index (χ2n) is 9.02. The number of sulfone groups is 1. The van der Waals surface area contributed by atoms with Crippen LogP contribution in [0.15, 0.2) is 96.0 Å². The highest BCUT2D eigenvalue weighted by Crippen LogP contribution is 2.39. The van der Waals surface area contributed by atoms with Gasteiger partial charge in [-0.2, -0.15) is 0 Å². The number of aromatic nitrogens is 4. The molecule has 190 valence electrons. The minimum atomic E-state index is -3.35. The summed E-state index contributed by atoms with van der Waals surface area (Å²) in [5, 5.41) is 12.5. The Kier molecular flexibility index (Phi) is 6.13. The van der Waals surface area contributed by atoms with E-state index in [0.29, 0.717) is 29.3 Å². The number of hydrogen-bond donors (Lipinski definition) is 1. The number of anilines is 2. The minimum Gasteiger partial charge on any atom is -0.497 e. The van der Waals surface area contributed by atoms with Gasteiger partial charge in [0.15, 0.2) is 27.3 Å². The highest BCUT2D eigenvalue weighted by atomic mass is 32.2. The van der Waals surface area contributed by atoms with Crippen molar-refractivity contribution in [2.24, 2.45) is 0 Å². The summed E-state index contributed by atoms with van der Waals surface area (Å²) in [7, 11) is -1.80. The summed E-state index contributed by atoms with van der Waals surface area (Å²) in [6.45, 7) is 0. The molecule has 3 heterocycles. The van der Waals surface area contributed by atoms with Crippen molar-refractivity contribution in [2.75, 3.05) is 18.2 Å². The van der Waals surface area contributed by atoms with E-state index in [4.69, 9.17) is 4.74 Å². The second-order valence-corrected chi connectivity index (χ2v) is 11.1. The normalized spacial score (nSPS) is 12.0. The van der Waals surface area contributed by atoms with Crippen LogP contribution in [0.5, 0.6) is 5.75 Å². The number of rotatable bonds is 7. The van der Waals surface area contributed by atoms with Gasteiger partial charge in [-0.25, -0.2) is 13.4 Å². The lowest BCUT2D eigenvalue weighted by atomic mass is 10.1. The van der Waals surface area contributed by atoms with Crippen molar-refractivity contribution < 1.29 is 13.2 Å². The monoisotopic (exact) mass is 523 g/mol. The molecule has 0 atom stereocenters. The first-order valence-electron chi connectivity index (χ1n) is 12.3. The largest absolute Gasteiger partial charge is 0.497 e. The van der Waals surface area contributed by atoms with Gasteiger partial charge in [-0.3, -0.25) is 4.57 Å². The number of nitrogens with one attached hydrogen (secondary N) is 1. The van der Waals surface area contributed by atoms with Crippen LogP contribution in [0, 0.1) is 0 Å². The van der Waals surface area contributed by atoms with Gasteiger partial charge in [0.05, 0.1) is 29.1 Å². The molecule has 0 unspecified atom stereocenters. The molecule has 0 spiro atoms. The first kappa shape index (κ1) is 23.9. The molecular formula is C29H25N5O3S. The van der Waals surface area contributed by atoms with Crippen molar-refractivity contribution in [2.45, 2.75) is 17.7 Å². The SMILES string of the molecule is COc1ccc(S(=O)(=O)CCCc2ccc(-c3nnc4n3-c3cccnc3Nc3ccccc3-4)cc2)cc1. The summed E-state index contributed by atoms with van der Waals surface area (Å²) in [5.74, 6) is 2.89. The summed E-state index contributed by atoms with van der Waals surface area (Å²) in [5.41, 5.74) is 4.70. The van der Waals surface area contributed by atoms with Crippen molar-refractivity contribution in [3.05, 3.63) is 96.7 Å². The second kappa shape index (κ2) is 9.75. The predicted octanol–water partition coefficient (Wildman–Crippen LogP) is 5.47. The molecule has 2 aromatic heterocycles. The quantitative estimate of drug-likeness (QED) is 0.296. The molecule has 3 aromatic carbocycles. The Morgan fingerprint density at radius 1 is 0.868 bits per heavy atom. The molecule has 6 rings (SSSR count). The van der Waals surface area contributed by atoms with Gasteiger partial charge in [0, 0.05) is 17.3 Å². The van der Waals surface area contributed by atoms with Gasteiger partial charge in [-0.1, -0.05) is 36.4 Å². The predicted molar refractivity (Wildman–Crippen MR) is 147 cm³/mol. The number of pyridine rings is 1. The zero-order valence-corrected chi connectivity index (χ0v) is 21.5. The number of ether oxygens (including phenoxy) is 1. The van der Waals surface area contributed by atoms with Gasteiger partial charge in [-0.05, 0) is 66.9 Å². The van der Waals surface area contributed by atoms with Crippen LogP contribution in [0.1, 0.15) is 12.0 Å². The Balaban J connectivity index is 1.23.